The average molecular weight is 325 g/mol. The third kappa shape index (κ3) is 4.89. The van der Waals surface area contributed by atoms with Gasteiger partial charge in [0.15, 0.2) is 0 Å². The largest absolute Gasteiger partial charge is 0.493 e. The topological polar surface area (TPSA) is 50.4 Å². The van der Waals surface area contributed by atoms with Crippen molar-refractivity contribution in [3.63, 3.8) is 0 Å². The van der Waals surface area contributed by atoms with Gasteiger partial charge in [-0.2, -0.15) is 0 Å². The fourth-order valence-electron chi connectivity index (χ4n) is 2.69. The Morgan fingerprint density at radius 3 is 2.82 bits per heavy atom. The molecule has 1 saturated carbocycles. The molecule has 1 aliphatic carbocycles. The van der Waals surface area contributed by atoms with Crippen molar-refractivity contribution in [2.45, 2.75) is 32.2 Å². The molecule has 122 valence electrons. The van der Waals surface area contributed by atoms with Crippen LogP contribution in [0.5, 0.6) is 5.75 Å². The molecule has 1 unspecified atom stereocenters. The molecule has 4 nitrogen and oxygen atoms in total. The fourth-order valence-corrected chi connectivity index (χ4v) is 2.69. The first-order valence-corrected chi connectivity index (χ1v) is 8.02. The summed E-state index contributed by atoms with van der Waals surface area (Å²) < 4.78 is 5.88. The zero-order valence-electron chi connectivity index (χ0n) is 12.8. The van der Waals surface area contributed by atoms with Gasteiger partial charge in [0, 0.05) is 18.7 Å². The fraction of sp³-hybridized carbons (Fsp3) is 0.588. The van der Waals surface area contributed by atoms with Crippen molar-refractivity contribution in [1.29, 1.82) is 0 Å². The lowest BCUT2D eigenvalue weighted by molar-refractivity contribution is -0.125. The minimum Gasteiger partial charge on any atom is -0.493 e. The standard InChI is InChI=1S/C17H24N2O2.ClH/c20-17(15-5-3-9-18-10-15)19-11-14-4-1-2-6-16(14)21-12-13-7-8-13;/h1-2,4,6,13,15,18H,3,5,7-12H2,(H,19,20);1H. The number of para-hydroxylation sites is 1. The van der Waals surface area contributed by atoms with Gasteiger partial charge in [-0.15, -0.1) is 12.4 Å². The summed E-state index contributed by atoms with van der Waals surface area (Å²) in [6.45, 7) is 3.18. The average Bonchev–Trinajstić information content (AvgIpc) is 3.36. The number of nitrogens with one attached hydrogen (secondary N) is 2. The zero-order chi connectivity index (χ0) is 14.5. The maximum Gasteiger partial charge on any atom is 0.224 e. The molecule has 1 heterocycles. The maximum absolute atomic E-state index is 12.2. The second-order valence-corrected chi connectivity index (χ2v) is 6.12. The molecule has 1 aromatic carbocycles. The Kier molecular flexibility index (Phi) is 6.52. The van der Waals surface area contributed by atoms with E-state index in [2.05, 4.69) is 10.6 Å². The highest BCUT2D eigenvalue weighted by Gasteiger charge is 2.23. The Hall–Kier alpha value is -1.26. The van der Waals surface area contributed by atoms with E-state index in [-0.39, 0.29) is 24.2 Å². The van der Waals surface area contributed by atoms with Crippen molar-refractivity contribution in [2.75, 3.05) is 19.7 Å². The third-order valence-electron chi connectivity index (χ3n) is 4.26. The molecule has 2 fully saturated rings. The second kappa shape index (κ2) is 8.39. The lowest BCUT2D eigenvalue weighted by Gasteiger charge is -2.22. The van der Waals surface area contributed by atoms with Crippen LogP contribution in [0.2, 0.25) is 0 Å². The van der Waals surface area contributed by atoms with E-state index < -0.39 is 0 Å². The summed E-state index contributed by atoms with van der Waals surface area (Å²) in [6, 6.07) is 8.00. The summed E-state index contributed by atoms with van der Waals surface area (Å²) in [5.74, 6) is 1.91. The van der Waals surface area contributed by atoms with E-state index in [1.165, 1.54) is 12.8 Å². The van der Waals surface area contributed by atoms with Crippen LogP contribution in [-0.2, 0) is 11.3 Å². The van der Waals surface area contributed by atoms with Gasteiger partial charge in [-0.3, -0.25) is 4.79 Å². The normalized spacial score (nSPS) is 20.8. The van der Waals surface area contributed by atoms with Gasteiger partial charge in [0.05, 0.1) is 12.5 Å². The van der Waals surface area contributed by atoms with E-state index >= 15 is 0 Å². The van der Waals surface area contributed by atoms with Gasteiger partial charge in [0.2, 0.25) is 5.91 Å². The Bertz CT molecular complexity index is 485. The van der Waals surface area contributed by atoms with E-state index in [1.54, 1.807) is 0 Å². The van der Waals surface area contributed by atoms with Gasteiger partial charge < -0.3 is 15.4 Å². The van der Waals surface area contributed by atoms with Crippen molar-refractivity contribution >= 4 is 18.3 Å². The van der Waals surface area contributed by atoms with E-state index in [0.717, 1.165) is 49.8 Å². The van der Waals surface area contributed by atoms with Crippen molar-refractivity contribution in [3.8, 4) is 5.75 Å². The second-order valence-electron chi connectivity index (χ2n) is 6.12. The van der Waals surface area contributed by atoms with Crippen LogP contribution in [0.1, 0.15) is 31.2 Å². The molecule has 0 radical (unpaired) electrons. The van der Waals surface area contributed by atoms with Gasteiger partial charge in [-0.1, -0.05) is 18.2 Å². The Balaban J connectivity index is 0.00000176. The van der Waals surface area contributed by atoms with Crippen LogP contribution < -0.4 is 15.4 Å². The molecule has 0 spiro atoms. The SMILES string of the molecule is Cl.O=C(NCc1ccccc1OCC1CC1)C1CCCNC1. The number of carbonyl (C=O) groups excluding carboxylic acids is 1. The molecule has 1 atom stereocenters. The molecule has 0 aromatic heterocycles. The molecular formula is C17H25ClN2O2. The molecule has 5 heteroatoms. The third-order valence-corrected chi connectivity index (χ3v) is 4.26. The number of hydrogen-bond acceptors (Lipinski definition) is 3. The predicted octanol–water partition coefficient (Wildman–Crippen LogP) is 2.51. The van der Waals surface area contributed by atoms with E-state index in [4.69, 9.17) is 4.74 Å². The molecule has 1 amide bonds. The van der Waals surface area contributed by atoms with Gasteiger partial charge in [-0.25, -0.2) is 0 Å². The van der Waals surface area contributed by atoms with Crippen LogP contribution in [0.3, 0.4) is 0 Å². The summed E-state index contributed by atoms with van der Waals surface area (Å²) in [4.78, 5) is 12.2. The summed E-state index contributed by atoms with van der Waals surface area (Å²) in [7, 11) is 0. The van der Waals surface area contributed by atoms with Crippen molar-refractivity contribution in [2.24, 2.45) is 11.8 Å². The maximum atomic E-state index is 12.2. The summed E-state index contributed by atoms with van der Waals surface area (Å²) in [6.07, 6.45) is 4.64. The molecule has 3 rings (SSSR count). The van der Waals surface area contributed by atoms with Gasteiger partial charge in [-0.05, 0) is 44.2 Å². The molecule has 0 bridgehead atoms. The first kappa shape index (κ1) is 17.1. The van der Waals surface area contributed by atoms with Crippen LogP contribution in [0, 0.1) is 11.8 Å². The number of halogens is 1. The number of ether oxygens (including phenoxy) is 1. The monoisotopic (exact) mass is 324 g/mol. The van der Waals surface area contributed by atoms with Gasteiger partial charge >= 0.3 is 0 Å². The number of amides is 1. The highest BCUT2D eigenvalue weighted by Crippen LogP contribution is 2.30. The minimum atomic E-state index is 0. The Morgan fingerprint density at radius 2 is 2.09 bits per heavy atom. The number of piperidine rings is 1. The first-order valence-electron chi connectivity index (χ1n) is 8.02. The predicted molar refractivity (Wildman–Crippen MR) is 89.3 cm³/mol. The Labute approximate surface area is 138 Å². The highest BCUT2D eigenvalue weighted by molar-refractivity contribution is 5.85. The number of rotatable bonds is 6. The quantitative estimate of drug-likeness (QED) is 0.845. The van der Waals surface area contributed by atoms with Crippen molar-refractivity contribution < 1.29 is 9.53 Å². The van der Waals surface area contributed by atoms with Gasteiger partial charge in [0.25, 0.3) is 0 Å². The lowest BCUT2D eigenvalue weighted by Crippen LogP contribution is -2.40. The number of benzene rings is 1. The molecule has 1 aliphatic heterocycles. The smallest absolute Gasteiger partial charge is 0.224 e. The summed E-state index contributed by atoms with van der Waals surface area (Å²) >= 11 is 0. The van der Waals surface area contributed by atoms with Gasteiger partial charge in [0.1, 0.15) is 5.75 Å². The molecule has 2 aliphatic rings. The number of carbonyl (C=O) groups is 1. The molecule has 1 saturated heterocycles. The van der Waals surface area contributed by atoms with E-state index in [1.807, 2.05) is 24.3 Å². The van der Waals surface area contributed by atoms with Crippen LogP contribution in [0.15, 0.2) is 24.3 Å². The van der Waals surface area contributed by atoms with Crippen LogP contribution in [0.25, 0.3) is 0 Å². The molecular weight excluding hydrogens is 300 g/mol. The molecule has 22 heavy (non-hydrogen) atoms. The van der Waals surface area contributed by atoms with Crippen LogP contribution >= 0.6 is 12.4 Å². The van der Waals surface area contributed by atoms with Crippen LogP contribution in [0.4, 0.5) is 0 Å². The van der Waals surface area contributed by atoms with E-state index in [9.17, 15) is 4.79 Å². The van der Waals surface area contributed by atoms with Crippen molar-refractivity contribution in [1.82, 2.24) is 10.6 Å². The summed E-state index contributed by atoms with van der Waals surface area (Å²) in [5, 5.41) is 6.33. The van der Waals surface area contributed by atoms with Crippen molar-refractivity contribution in [3.05, 3.63) is 29.8 Å². The highest BCUT2D eigenvalue weighted by atomic mass is 35.5. The lowest BCUT2D eigenvalue weighted by atomic mass is 9.99. The zero-order valence-corrected chi connectivity index (χ0v) is 13.7. The first-order chi connectivity index (χ1) is 10.3. The minimum absolute atomic E-state index is 0. The van der Waals surface area contributed by atoms with E-state index in [0.29, 0.717) is 6.54 Å². The number of hydrogen-bond donors (Lipinski definition) is 2. The Morgan fingerprint density at radius 1 is 1.27 bits per heavy atom. The van der Waals surface area contributed by atoms with Crippen LogP contribution in [-0.4, -0.2) is 25.6 Å². The summed E-state index contributed by atoms with van der Waals surface area (Å²) in [5.41, 5.74) is 1.07. The molecule has 1 aromatic rings. The molecule has 2 N–H and O–H groups in total.